The van der Waals surface area contributed by atoms with Crippen LogP contribution >= 0.6 is 22.9 Å². The van der Waals surface area contributed by atoms with Crippen LogP contribution in [0.1, 0.15) is 27.3 Å². The van der Waals surface area contributed by atoms with Crippen LogP contribution in [0, 0.1) is 6.92 Å². The zero-order valence-corrected chi connectivity index (χ0v) is 20.8. The van der Waals surface area contributed by atoms with E-state index in [0.29, 0.717) is 34.3 Å². The van der Waals surface area contributed by atoms with Crippen molar-refractivity contribution in [2.75, 3.05) is 10.6 Å². The average molecular weight is 517 g/mol. The molecule has 2 aromatic carbocycles. The maximum absolute atomic E-state index is 13.6. The number of benzene rings is 2. The fourth-order valence-corrected chi connectivity index (χ4v) is 4.90. The van der Waals surface area contributed by atoms with E-state index < -0.39 is 0 Å². The molecule has 5 aromatic rings. The van der Waals surface area contributed by atoms with Crippen molar-refractivity contribution in [1.29, 1.82) is 0 Å². The number of anilines is 2. The first-order chi connectivity index (χ1) is 17.5. The molecule has 1 amide bonds. The molecule has 0 radical (unpaired) electrons. The van der Waals surface area contributed by atoms with Gasteiger partial charge in [-0.1, -0.05) is 65.4 Å². The SMILES string of the molecule is Cc1c(C(=O)Nc2nc3ccccc3s2)c(NCc2ccccc2)cc(=O)n1Cc1nccnc1Cl. The Labute approximate surface area is 215 Å². The lowest BCUT2D eigenvalue weighted by molar-refractivity contribution is 0.102. The van der Waals surface area contributed by atoms with Crippen molar-refractivity contribution in [3.63, 3.8) is 0 Å². The van der Waals surface area contributed by atoms with Crippen LogP contribution in [0.3, 0.4) is 0 Å². The summed E-state index contributed by atoms with van der Waals surface area (Å²) in [5.41, 5.74) is 3.21. The minimum atomic E-state index is -0.374. The van der Waals surface area contributed by atoms with Gasteiger partial charge in [-0.25, -0.2) is 9.97 Å². The summed E-state index contributed by atoms with van der Waals surface area (Å²) >= 11 is 7.57. The highest BCUT2D eigenvalue weighted by atomic mass is 35.5. The third-order valence-corrected chi connectivity index (χ3v) is 6.94. The Hall–Kier alpha value is -4.08. The molecule has 2 N–H and O–H groups in total. The van der Waals surface area contributed by atoms with Gasteiger partial charge < -0.3 is 9.88 Å². The summed E-state index contributed by atoms with van der Waals surface area (Å²) in [5, 5.41) is 6.85. The van der Waals surface area contributed by atoms with Crippen molar-refractivity contribution in [1.82, 2.24) is 19.5 Å². The second-order valence-corrected chi connectivity index (χ2v) is 9.41. The topological polar surface area (TPSA) is 102 Å². The van der Waals surface area contributed by atoms with Gasteiger partial charge >= 0.3 is 0 Å². The van der Waals surface area contributed by atoms with Gasteiger partial charge in [0, 0.05) is 30.7 Å². The molecule has 0 saturated heterocycles. The fraction of sp³-hybridized carbons (Fsp3) is 0.115. The molecule has 36 heavy (non-hydrogen) atoms. The molecule has 0 aliphatic rings. The molecule has 0 spiro atoms. The zero-order chi connectivity index (χ0) is 25.1. The minimum absolute atomic E-state index is 0.0811. The number of pyridine rings is 1. The van der Waals surface area contributed by atoms with Crippen LogP contribution in [-0.2, 0) is 13.1 Å². The molecular formula is C26H21ClN6O2S. The van der Waals surface area contributed by atoms with Gasteiger partial charge in [-0.2, -0.15) is 0 Å². The third-order valence-electron chi connectivity index (χ3n) is 5.67. The van der Waals surface area contributed by atoms with Gasteiger partial charge in [-0.3, -0.25) is 19.9 Å². The highest BCUT2D eigenvalue weighted by Crippen LogP contribution is 2.27. The fourth-order valence-electron chi connectivity index (χ4n) is 3.88. The first-order valence-electron chi connectivity index (χ1n) is 11.1. The van der Waals surface area contributed by atoms with Crippen LogP contribution in [0.5, 0.6) is 0 Å². The molecular weight excluding hydrogens is 496 g/mol. The molecule has 0 fully saturated rings. The lowest BCUT2D eigenvalue weighted by Crippen LogP contribution is -2.28. The predicted molar refractivity (Wildman–Crippen MR) is 143 cm³/mol. The molecule has 0 atom stereocenters. The number of carbonyl (C=O) groups excluding carboxylic acids is 1. The van der Waals surface area contributed by atoms with Crippen LogP contribution in [0.4, 0.5) is 10.8 Å². The normalized spacial score (nSPS) is 10.9. The molecule has 10 heteroatoms. The molecule has 0 aliphatic carbocycles. The van der Waals surface area contributed by atoms with E-state index in [1.54, 1.807) is 6.92 Å². The van der Waals surface area contributed by atoms with Crippen LogP contribution < -0.4 is 16.2 Å². The Bertz CT molecular complexity index is 1580. The summed E-state index contributed by atoms with van der Waals surface area (Å²) in [5.74, 6) is -0.374. The van der Waals surface area contributed by atoms with Crippen molar-refractivity contribution >= 4 is 49.9 Å². The van der Waals surface area contributed by atoms with E-state index in [9.17, 15) is 9.59 Å². The number of fused-ring (bicyclic) bond motifs is 1. The molecule has 3 aromatic heterocycles. The summed E-state index contributed by atoms with van der Waals surface area (Å²) in [6, 6.07) is 18.8. The Morgan fingerprint density at radius 3 is 2.58 bits per heavy atom. The molecule has 0 unspecified atom stereocenters. The number of nitrogens with one attached hydrogen (secondary N) is 2. The smallest absolute Gasteiger partial charge is 0.261 e. The Balaban J connectivity index is 1.53. The number of aromatic nitrogens is 4. The average Bonchev–Trinajstić information content (AvgIpc) is 3.29. The third kappa shape index (κ3) is 4.98. The number of thiazole rings is 1. The predicted octanol–water partition coefficient (Wildman–Crippen LogP) is 5.12. The van der Waals surface area contributed by atoms with E-state index in [1.807, 2.05) is 54.6 Å². The summed E-state index contributed by atoms with van der Waals surface area (Å²) in [7, 11) is 0. The van der Waals surface area contributed by atoms with Gasteiger partial charge in [-0.05, 0) is 24.6 Å². The molecule has 0 bridgehead atoms. The highest BCUT2D eigenvalue weighted by molar-refractivity contribution is 7.22. The van der Waals surface area contributed by atoms with Gasteiger partial charge in [0.25, 0.3) is 11.5 Å². The van der Waals surface area contributed by atoms with E-state index >= 15 is 0 Å². The summed E-state index contributed by atoms with van der Waals surface area (Å²) in [6.45, 7) is 2.26. The monoisotopic (exact) mass is 516 g/mol. The summed E-state index contributed by atoms with van der Waals surface area (Å²) < 4.78 is 2.44. The van der Waals surface area contributed by atoms with Gasteiger partial charge in [-0.15, -0.1) is 0 Å². The van der Waals surface area contributed by atoms with Crippen LogP contribution in [0.2, 0.25) is 5.15 Å². The van der Waals surface area contributed by atoms with Crippen molar-refractivity contribution in [3.05, 3.63) is 111 Å². The first kappa shape index (κ1) is 23.7. The Morgan fingerprint density at radius 1 is 1.06 bits per heavy atom. The number of hydrogen-bond donors (Lipinski definition) is 2. The van der Waals surface area contributed by atoms with E-state index in [1.165, 1.54) is 34.4 Å². The van der Waals surface area contributed by atoms with E-state index in [0.717, 1.165) is 15.8 Å². The number of amides is 1. The largest absolute Gasteiger partial charge is 0.380 e. The second-order valence-electron chi connectivity index (χ2n) is 8.02. The van der Waals surface area contributed by atoms with Crippen LogP contribution in [0.15, 0.2) is 77.9 Å². The Kier molecular flexibility index (Phi) is 6.75. The van der Waals surface area contributed by atoms with Gasteiger partial charge in [0.15, 0.2) is 10.3 Å². The molecule has 5 rings (SSSR count). The quantitative estimate of drug-likeness (QED) is 0.311. The number of para-hydroxylation sites is 1. The lowest BCUT2D eigenvalue weighted by atomic mass is 10.1. The molecule has 0 saturated carbocycles. The van der Waals surface area contributed by atoms with Crippen molar-refractivity contribution in [2.24, 2.45) is 0 Å². The van der Waals surface area contributed by atoms with Crippen molar-refractivity contribution in [3.8, 4) is 0 Å². The molecule has 180 valence electrons. The van der Waals surface area contributed by atoms with E-state index in [2.05, 4.69) is 25.6 Å². The zero-order valence-electron chi connectivity index (χ0n) is 19.2. The van der Waals surface area contributed by atoms with Gasteiger partial charge in [0.1, 0.15) is 0 Å². The van der Waals surface area contributed by atoms with E-state index in [4.69, 9.17) is 11.6 Å². The van der Waals surface area contributed by atoms with Crippen LogP contribution in [0.25, 0.3) is 10.2 Å². The maximum atomic E-state index is 13.6. The standard InChI is InChI=1S/C26H21ClN6O2S/c1-16-23(25(35)32-26-31-18-9-5-6-10-21(18)36-26)19(30-14-17-7-3-2-4-8-17)13-22(34)33(16)15-20-24(27)29-12-11-28-20/h2-13,30H,14-15H2,1H3,(H,31,32,35). The van der Waals surface area contributed by atoms with Gasteiger partial charge in [0.2, 0.25) is 0 Å². The summed E-state index contributed by atoms with van der Waals surface area (Å²) in [4.78, 5) is 39.5. The molecule has 3 heterocycles. The van der Waals surface area contributed by atoms with Gasteiger partial charge in [0.05, 0.1) is 33.7 Å². The maximum Gasteiger partial charge on any atom is 0.261 e. The van der Waals surface area contributed by atoms with E-state index in [-0.39, 0.29) is 23.2 Å². The van der Waals surface area contributed by atoms with Crippen molar-refractivity contribution in [2.45, 2.75) is 20.0 Å². The minimum Gasteiger partial charge on any atom is -0.380 e. The van der Waals surface area contributed by atoms with Crippen molar-refractivity contribution < 1.29 is 4.79 Å². The Morgan fingerprint density at radius 2 is 1.81 bits per heavy atom. The second kappa shape index (κ2) is 10.3. The number of rotatable bonds is 7. The summed E-state index contributed by atoms with van der Waals surface area (Å²) in [6.07, 6.45) is 2.99. The number of nitrogens with zero attached hydrogens (tertiary/aromatic N) is 4. The molecule has 8 nitrogen and oxygen atoms in total. The number of halogens is 1. The number of hydrogen-bond acceptors (Lipinski definition) is 7. The lowest BCUT2D eigenvalue weighted by Gasteiger charge is -2.18. The molecule has 0 aliphatic heterocycles. The first-order valence-corrected chi connectivity index (χ1v) is 12.3. The highest BCUT2D eigenvalue weighted by Gasteiger charge is 2.21. The number of carbonyl (C=O) groups is 1. The van der Waals surface area contributed by atoms with Crippen LogP contribution in [-0.4, -0.2) is 25.4 Å².